The summed E-state index contributed by atoms with van der Waals surface area (Å²) in [6, 6.07) is 7.87. The van der Waals surface area contributed by atoms with Crippen molar-refractivity contribution in [3.05, 3.63) is 41.5 Å². The summed E-state index contributed by atoms with van der Waals surface area (Å²) in [5.41, 5.74) is 1.51. The van der Waals surface area contributed by atoms with Gasteiger partial charge in [-0.05, 0) is 18.1 Å². The van der Waals surface area contributed by atoms with Crippen molar-refractivity contribution in [1.29, 1.82) is 0 Å². The summed E-state index contributed by atoms with van der Waals surface area (Å²) in [7, 11) is 1.42. The Hall–Kier alpha value is -1.57. The minimum Gasteiger partial charge on any atom is -0.468 e. The molecule has 0 radical (unpaired) electrons. The van der Waals surface area contributed by atoms with Crippen LogP contribution in [0.3, 0.4) is 0 Å². The minimum absolute atomic E-state index is 0.210. The molecule has 0 saturated heterocycles. The van der Waals surface area contributed by atoms with Crippen molar-refractivity contribution in [2.75, 3.05) is 7.11 Å². The van der Waals surface area contributed by atoms with Gasteiger partial charge < -0.3 is 4.74 Å². The first-order chi connectivity index (χ1) is 6.68. The van der Waals surface area contributed by atoms with Gasteiger partial charge in [0.1, 0.15) is 5.41 Å². The molecule has 0 heterocycles. The highest BCUT2D eigenvalue weighted by atomic mass is 16.5. The molecule has 14 heavy (non-hydrogen) atoms. The van der Waals surface area contributed by atoms with E-state index >= 15 is 0 Å². The average molecular weight is 188 g/mol. The first-order valence-corrected chi connectivity index (χ1v) is 4.55. The lowest BCUT2D eigenvalue weighted by Crippen LogP contribution is -2.30. The fourth-order valence-corrected chi connectivity index (χ4v) is 1.85. The summed E-state index contributed by atoms with van der Waals surface area (Å²) in [5.74, 6) is -0.210. The topological polar surface area (TPSA) is 26.3 Å². The van der Waals surface area contributed by atoms with E-state index in [0.717, 1.165) is 11.1 Å². The number of rotatable bonds is 1. The van der Waals surface area contributed by atoms with Crippen molar-refractivity contribution in [2.24, 2.45) is 0 Å². The van der Waals surface area contributed by atoms with Crippen LogP contribution in [-0.2, 0) is 14.9 Å². The quantitative estimate of drug-likeness (QED) is 0.631. The molecular formula is C12H12O2. The molecule has 1 aliphatic rings. The van der Waals surface area contributed by atoms with Crippen LogP contribution in [0.2, 0.25) is 0 Å². The van der Waals surface area contributed by atoms with Crippen LogP contribution in [0.5, 0.6) is 0 Å². The number of esters is 1. The maximum Gasteiger partial charge on any atom is 0.319 e. The number of ether oxygens (including phenoxy) is 1. The Kier molecular flexibility index (Phi) is 1.92. The maximum atomic E-state index is 11.6. The Morgan fingerprint density at radius 2 is 2.07 bits per heavy atom. The fourth-order valence-electron chi connectivity index (χ4n) is 1.85. The Morgan fingerprint density at radius 1 is 1.36 bits per heavy atom. The molecule has 72 valence electrons. The number of fused-ring (bicyclic) bond motifs is 1. The van der Waals surface area contributed by atoms with Gasteiger partial charge in [0.2, 0.25) is 0 Å². The van der Waals surface area contributed by atoms with Crippen LogP contribution in [-0.4, -0.2) is 13.1 Å². The molecule has 0 saturated carbocycles. The zero-order valence-corrected chi connectivity index (χ0v) is 8.28. The van der Waals surface area contributed by atoms with Crippen LogP contribution in [0.25, 0.3) is 6.08 Å². The van der Waals surface area contributed by atoms with Gasteiger partial charge in [0.05, 0.1) is 7.11 Å². The molecule has 0 aliphatic heterocycles. The number of carbonyl (C=O) groups excluding carboxylic acids is 1. The molecule has 0 spiro atoms. The number of hydrogen-bond donors (Lipinski definition) is 0. The monoisotopic (exact) mass is 188 g/mol. The number of carbonyl (C=O) groups is 1. The summed E-state index contributed by atoms with van der Waals surface area (Å²) in [4.78, 5) is 11.6. The van der Waals surface area contributed by atoms with E-state index in [1.807, 2.05) is 43.3 Å². The maximum absolute atomic E-state index is 11.6. The van der Waals surface area contributed by atoms with Gasteiger partial charge in [0, 0.05) is 0 Å². The van der Waals surface area contributed by atoms with E-state index in [1.165, 1.54) is 7.11 Å². The third kappa shape index (κ3) is 1.07. The molecule has 2 heteroatoms. The SMILES string of the molecule is COC(=O)[C@@]1(C)C=Cc2ccccc21. The van der Waals surface area contributed by atoms with Crippen molar-refractivity contribution in [1.82, 2.24) is 0 Å². The second-order valence-electron chi connectivity index (χ2n) is 3.61. The largest absolute Gasteiger partial charge is 0.468 e. The van der Waals surface area contributed by atoms with E-state index < -0.39 is 5.41 Å². The Bertz CT molecular complexity index is 407. The van der Waals surface area contributed by atoms with Gasteiger partial charge in [0.25, 0.3) is 0 Å². The zero-order valence-electron chi connectivity index (χ0n) is 8.28. The molecule has 0 amide bonds. The fraction of sp³-hybridized carbons (Fsp3) is 0.250. The van der Waals surface area contributed by atoms with Crippen LogP contribution >= 0.6 is 0 Å². The van der Waals surface area contributed by atoms with Gasteiger partial charge in [-0.15, -0.1) is 0 Å². The molecule has 1 aromatic carbocycles. The summed E-state index contributed by atoms with van der Waals surface area (Å²) < 4.78 is 4.80. The van der Waals surface area contributed by atoms with Crippen molar-refractivity contribution in [2.45, 2.75) is 12.3 Å². The molecule has 0 fully saturated rings. The zero-order chi connectivity index (χ0) is 10.2. The van der Waals surface area contributed by atoms with E-state index in [9.17, 15) is 4.79 Å². The number of methoxy groups -OCH3 is 1. The van der Waals surface area contributed by atoms with Crippen LogP contribution in [0.15, 0.2) is 30.3 Å². The van der Waals surface area contributed by atoms with Crippen LogP contribution in [0.4, 0.5) is 0 Å². The van der Waals surface area contributed by atoms with Gasteiger partial charge in [-0.25, -0.2) is 0 Å². The van der Waals surface area contributed by atoms with Crippen LogP contribution < -0.4 is 0 Å². The second kappa shape index (κ2) is 2.98. The van der Waals surface area contributed by atoms with Crippen molar-refractivity contribution in [3.8, 4) is 0 Å². The molecule has 0 bridgehead atoms. The Labute approximate surface area is 83.2 Å². The summed E-state index contributed by atoms with van der Waals surface area (Å²) in [6.45, 7) is 1.88. The average Bonchev–Trinajstić information content (AvgIpc) is 2.58. The molecule has 2 rings (SSSR count). The normalized spacial score (nSPS) is 23.3. The van der Waals surface area contributed by atoms with Gasteiger partial charge in [-0.2, -0.15) is 0 Å². The van der Waals surface area contributed by atoms with Gasteiger partial charge in [-0.3, -0.25) is 4.79 Å². The van der Waals surface area contributed by atoms with E-state index in [4.69, 9.17) is 4.74 Å². The van der Waals surface area contributed by atoms with Crippen molar-refractivity contribution >= 4 is 12.0 Å². The van der Waals surface area contributed by atoms with E-state index in [0.29, 0.717) is 0 Å². The van der Waals surface area contributed by atoms with Crippen LogP contribution in [0, 0.1) is 0 Å². The predicted molar refractivity (Wildman–Crippen MR) is 54.8 cm³/mol. The molecule has 0 unspecified atom stereocenters. The van der Waals surface area contributed by atoms with E-state index in [1.54, 1.807) is 0 Å². The smallest absolute Gasteiger partial charge is 0.319 e. The lowest BCUT2D eigenvalue weighted by atomic mass is 9.85. The Balaban J connectivity index is 2.52. The molecular weight excluding hydrogens is 176 g/mol. The lowest BCUT2D eigenvalue weighted by Gasteiger charge is -2.20. The standard InChI is InChI=1S/C12H12O2/c1-12(11(13)14-2)8-7-9-5-3-4-6-10(9)12/h3-8H,1-2H3/t12-/m0/s1. The van der Waals surface area contributed by atoms with Gasteiger partial charge in [0.15, 0.2) is 0 Å². The molecule has 1 aliphatic carbocycles. The highest BCUT2D eigenvalue weighted by molar-refractivity contribution is 5.90. The second-order valence-corrected chi connectivity index (χ2v) is 3.61. The van der Waals surface area contributed by atoms with E-state index in [2.05, 4.69) is 0 Å². The molecule has 1 atom stereocenters. The summed E-state index contributed by atoms with van der Waals surface area (Å²) in [5, 5.41) is 0. The third-order valence-corrected chi connectivity index (χ3v) is 2.73. The predicted octanol–water partition coefficient (Wildman–Crippen LogP) is 2.14. The minimum atomic E-state index is -0.606. The first-order valence-electron chi connectivity index (χ1n) is 4.55. The van der Waals surface area contributed by atoms with Crippen molar-refractivity contribution < 1.29 is 9.53 Å². The highest BCUT2D eigenvalue weighted by Crippen LogP contribution is 2.36. The lowest BCUT2D eigenvalue weighted by molar-refractivity contribution is -0.144. The molecule has 0 N–H and O–H groups in total. The number of hydrogen-bond acceptors (Lipinski definition) is 2. The van der Waals surface area contributed by atoms with E-state index in [-0.39, 0.29) is 5.97 Å². The highest BCUT2D eigenvalue weighted by Gasteiger charge is 2.38. The number of benzene rings is 1. The Morgan fingerprint density at radius 3 is 2.79 bits per heavy atom. The van der Waals surface area contributed by atoms with Crippen LogP contribution in [0.1, 0.15) is 18.1 Å². The van der Waals surface area contributed by atoms with Crippen molar-refractivity contribution in [3.63, 3.8) is 0 Å². The van der Waals surface area contributed by atoms with Gasteiger partial charge in [-0.1, -0.05) is 36.4 Å². The molecule has 2 nitrogen and oxygen atoms in total. The first kappa shape index (κ1) is 9.00. The van der Waals surface area contributed by atoms with Gasteiger partial charge >= 0.3 is 5.97 Å². The summed E-state index contributed by atoms with van der Waals surface area (Å²) >= 11 is 0. The molecule has 0 aromatic heterocycles. The summed E-state index contributed by atoms with van der Waals surface area (Å²) in [6.07, 6.45) is 3.86. The molecule has 1 aromatic rings. The third-order valence-electron chi connectivity index (χ3n) is 2.73.